The summed E-state index contributed by atoms with van der Waals surface area (Å²) in [5, 5.41) is 7.37. The molecule has 1 saturated carbocycles. The molecule has 1 aliphatic rings. The van der Waals surface area contributed by atoms with Gasteiger partial charge in [-0.15, -0.1) is 0 Å². The standard InChI is InChI=1S/C34H39F3N6O4S/c1-23-18-33(39-47-23)40-48(44,45)27-15-16-29(32(20-27)46-5)38-17-7-8-26-19-28-30(9-6-10-31(28)43(26)22-34(35,36)37)42(4)25-13-11-24(12-14-25)21-41(2)3/h6,9-10,15-16,18-21,24-25,38H,4,11-14,17,22H2,1-3,5H3,(H,39,40)/q+2. The van der Waals surface area contributed by atoms with Gasteiger partial charge in [-0.2, -0.15) is 13.2 Å². The van der Waals surface area contributed by atoms with Crippen LogP contribution in [-0.2, 0) is 16.6 Å². The lowest BCUT2D eigenvalue weighted by Gasteiger charge is -2.23. The number of hydrogen-bond acceptors (Lipinski definition) is 6. The molecule has 1 aliphatic carbocycles. The molecule has 0 radical (unpaired) electrons. The van der Waals surface area contributed by atoms with Crippen LogP contribution >= 0.6 is 0 Å². The molecule has 1 fully saturated rings. The first-order valence-electron chi connectivity index (χ1n) is 15.4. The molecule has 2 aromatic heterocycles. The first-order valence-corrected chi connectivity index (χ1v) is 16.9. The monoisotopic (exact) mass is 684 g/mol. The highest BCUT2D eigenvalue weighted by Gasteiger charge is 2.33. The number of aryl methyl sites for hydroxylation is 1. The molecule has 2 aromatic carbocycles. The highest BCUT2D eigenvalue weighted by molar-refractivity contribution is 7.92. The molecule has 14 heteroatoms. The summed E-state index contributed by atoms with van der Waals surface area (Å²) in [7, 11) is 1.45. The molecule has 0 bridgehead atoms. The minimum Gasteiger partial charge on any atom is -0.495 e. The van der Waals surface area contributed by atoms with Gasteiger partial charge in [-0.1, -0.05) is 17.1 Å². The van der Waals surface area contributed by atoms with Crippen LogP contribution in [0, 0.1) is 24.7 Å². The molecule has 2 N–H and O–H groups in total. The maximum atomic E-state index is 13.8. The fourth-order valence-electron chi connectivity index (χ4n) is 6.02. The van der Waals surface area contributed by atoms with Gasteiger partial charge in [0.1, 0.15) is 45.1 Å². The molecule has 5 rings (SSSR count). The van der Waals surface area contributed by atoms with Gasteiger partial charge in [0, 0.05) is 37.0 Å². The van der Waals surface area contributed by atoms with Gasteiger partial charge in [-0.05, 0) is 50.0 Å². The number of ether oxygens (including phenoxy) is 1. The van der Waals surface area contributed by atoms with Gasteiger partial charge >= 0.3 is 6.18 Å². The first kappa shape index (κ1) is 34.6. The topological polar surface area (TPSA) is 104 Å². The van der Waals surface area contributed by atoms with Crippen molar-refractivity contribution in [1.82, 2.24) is 9.72 Å². The molecule has 2 heterocycles. The zero-order chi connectivity index (χ0) is 34.6. The Balaban J connectivity index is 1.36. The van der Waals surface area contributed by atoms with Crippen molar-refractivity contribution in [3.63, 3.8) is 0 Å². The third kappa shape index (κ3) is 8.20. The van der Waals surface area contributed by atoms with Gasteiger partial charge in [-0.3, -0.25) is 4.72 Å². The Morgan fingerprint density at radius 2 is 1.90 bits per heavy atom. The van der Waals surface area contributed by atoms with Crippen LogP contribution in [0.3, 0.4) is 0 Å². The molecule has 0 unspecified atom stereocenters. The van der Waals surface area contributed by atoms with E-state index in [4.69, 9.17) is 9.26 Å². The van der Waals surface area contributed by atoms with E-state index < -0.39 is 22.7 Å². The summed E-state index contributed by atoms with van der Waals surface area (Å²) in [5.41, 5.74) is 1.87. The summed E-state index contributed by atoms with van der Waals surface area (Å²) in [6.45, 7) is 4.82. The van der Waals surface area contributed by atoms with Gasteiger partial charge in [0.15, 0.2) is 11.9 Å². The highest BCUT2D eigenvalue weighted by atomic mass is 32.2. The van der Waals surface area contributed by atoms with Crippen molar-refractivity contribution >= 4 is 51.1 Å². The van der Waals surface area contributed by atoms with E-state index in [1.54, 1.807) is 25.1 Å². The Morgan fingerprint density at radius 1 is 1.15 bits per heavy atom. The summed E-state index contributed by atoms with van der Waals surface area (Å²) in [6, 6.07) is 12.9. The molecular formula is C34H39F3N6O4S+2. The highest BCUT2D eigenvalue weighted by Crippen LogP contribution is 2.35. The number of aromatic nitrogens is 2. The summed E-state index contributed by atoms with van der Waals surface area (Å²) in [4.78, 5) is -0.0662. The number of benzene rings is 2. The number of anilines is 2. The summed E-state index contributed by atoms with van der Waals surface area (Å²) in [6.07, 6.45) is 1.68. The average molecular weight is 685 g/mol. The molecule has 48 heavy (non-hydrogen) atoms. The second-order valence-electron chi connectivity index (χ2n) is 12.0. The zero-order valence-corrected chi connectivity index (χ0v) is 28.1. The minimum absolute atomic E-state index is 0.0448. The van der Waals surface area contributed by atoms with E-state index in [1.165, 1.54) is 35.9 Å². The number of fused-ring (bicyclic) bond motifs is 1. The van der Waals surface area contributed by atoms with Gasteiger partial charge in [0.2, 0.25) is 5.69 Å². The van der Waals surface area contributed by atoms with Crippen LogP contribution in [0.15, 0.2) is 57.9 Å². The number of sulfonamides is 1. The zero-order valence-electron chi connectivity index (χ0n) is 27.3. The van der Waals surface area contributed by atoms with Crippen LogP contribution in [0.4, 0.5) is 30.4 Å². The fourth-order valence-corrected chi connectivity index (χ4v) is 7.02. The van der Waals surface area contributed by atoms with Gasteiger partial charge in [0.05, 0.1) is 40.8 Å². The Labute approximate surface area is 277 Å². The van der Waals surface area contributed by atoms with E-state index in [9.17, 15) is 21.6 Å². The molecule has 10 nitrogen and oxygen atoms in total. The van der Waals surface area contributed by atoms with Crippen LogP contribution in [0.1, 0.15) is 37.1 Å². The van der Waals surface area contributed by atoms with E-state index in [0.29, 0.717) is 28.3 Å². The lowest BCUT2D eigenvalue weighted by atomic mass is 9.86. The third-order valence-corrected chi connectivity index (χ3v) is 9.55. The van der Waals surface area contributed by atoms with Crippen LogP contribution < -0.4 is 14.8 Å². The molecule has 0 aliphatic heterocycles. The van der Waals surface area contributed by atoms with Crippen molar-refractivity contribution in [1.29, 1.82) is 0 Å². The number of alkyl halides is 3. The van der Waals surface area contributed by atoms with E-state index in [0.717, 1.165) is 31.4 Å². The Bertz CT molecular complexity index is 2010. The van der Waals surface area contributed by atoms with Crippen molar-refractivity contribution in [2.24, 2.45) is 5.92 Å². The van der Waals surface area contributed by atoms with E-state index >= 15 is 0 Å². The average Bonchev–Trinajstić information content (AvgIpc) is 3.59. The second-order valence-corrected chi connectivity index (χ2v) is 13.7. The number of hydrogen-bond donors (Lipinski definition) is 2. The smallest absolute Gasteiger partial charge is 0.406 e. The number of nitrogens with one attached hydrogen (secondary N) is 2. The molecule has 254 valence electrons. The molecular weight excluding hydrogens is 645 g/mol. The maximum absolute atomic E-state index is 13.8. The molecule has 0 atom stereocenters. The maximum Gasteiger partial charge on any atom is 0.406 e. The molecule has 0 spiro atoms. The third-order valence-electron chi connectivity index (χ3n) is 8.19. The largest absolute Gasteiger partial charge is 0.495 e. The van der Waals surface area contributed by atoms with E-state index in [-0.39, 0.29) is 34.7 Å². The number of halogens is 3. The predicted molar refractivity (Wildman–Crippen MR) is 179 cm³/mol. The minimum atomic E-state index is -4.46. The van der Waals surface area contributed by atoms with E-state index in [1.807, 2.05) is 24.7 Å². The first-order chi connectivity index (χ1) is 22.7. The summed E-state index contributed by atoms with van der Waals surface area (Å²) < 4.78 is 84.8. The van der Waals surface area contributed by atoms with Gasteiger partial charge in [0.25, 0.3) is 10.0 Å². The van der Waals surface area contributed by atoms with Crippen LogP contribution in [0.2, 0.25) is 0 Å². The van der Waals surface area contributed by atoms with Crippen LogP contribution in [-0.4, -0.2) is 80.2 Å². The normalized spacial score (nSPS) is 16.6. The van der Waals surface area contributed by atoms with E-state index in [2.05, 4.69) is 44.5 Å². The molecule has 0 amide bonds. The lowest BCUT2D eigenvalue weighted by molar-refractivity contribution is -0.481. The molecule has 0 saturated heterocycles. The van der Waals surface area contributed by atoms with Gasteiger partial charge in [-0.25, -0.2) is 17.6 Å². The predicted octanol–water partition coefficient (Wildman–Crippen LogP) is 6.02. The van der Waals surface area contributed by atoms with Crippen molar-refractivity contribution < 1.29 is 40.0 Å². The summed E-state index contributed by atoms with van der Waals surface area (Å²) >= 11 is 0. The quantitative estimate of drug-likeness (QED) is 0.120. The number of rotatable bonds is 10. The second kappa shape index (κ2) is 14.1. The fraction of sp³-hybridized carbons (Fsp3) is 0.382. The van der Waals surface area contributed by atoms with Crippen molar-refractivity contribution in [2.75, 3.05) is 37.8 Å². The lowest BCUT2D eigenvalue weighted by Crippen LogP contribution is -2.28. The molecule has 4 aromatic rings. The summed E-state index contributed by atoms with van der Waals surface area (Å²) in [5.74, 6) is 7.04. The Morgan fingerprint density at radius 3 is 2.54 bits per heavy atom. The van der Waals surface area contributed by atoms with Crippen molar-refractivity contribution in [2.45, 2.75) is 56.3 Å². The Kier molecular flexibility index (Phi) is 10.2. The number of nitrogens with zero attached hydrogens (tertiary/aromatic N) is 4. The SMILES string of the molecule is C=[N+](c1cccc2c1cc(C#CCNc1ccc(S(=O)(=O)Nc3cc(C)on3)cc1OC)n2CC(F)(F)F)C1CCC(C=[N+](C)C)CC1. The van der Waals surface area contributed by atoms with Gasteiger partial charge < -0.3 is 19.1 Å². The van der Waals surface area contributed by atoms with Crippen LogP contribution in [0.5, 0.6) is 5.75 Å². The Hall–Kier alpha value is -4.77. The van der Waals surface area contributed by atoms with Crippen LogP contribution in [0.25, 0.3) is 10.9 Å². The number of methoxy groups -OCH3 is 1. The van der Waals surface area contributed by atoms with Crippen molar-refractivity contribution in [3.05, 3.63) is 60.0 Å². The van der Waals surface area contributed by atoms with Crippen molar-refractivity contribution in [3.8, 4) is 17.6 Å².